The van der Waals surface area contributed by atoms with Crippen molar-refractivity contribution in [3.8, 4) is 0 Å². The zero-order valence-electron chi connectivity index (χ0n) is 10.9. The Morgan fingerprint density at radius 2 is 2.00 bits per heavy atom. The third-order valence-electron chi connectivity index (χ3n) is 3.58. The Labute approximate surface area is 109 Å². The molecule has 0 aromatic heterocycles. The summed E-state index contributed by atoms with van der Waals surface area (Å²) < 4.78 is 27.0. The maximum atomic E-state index is 12.2. The molecular weight excluding hydrogens is 248 g/mol. The molecule has 1 aromatic carbocycles. The maximum absolute atomic E-state index is 12.2. The SMILES string of the molecule is Cc1ccc(S(=O)(=O)NCC2(N)CCC2)c(C)c1. The quantitative estimate of drug-likeness (QED) is 0.868. The van der Waals surface area contributed by atoms with E-state index in [1.54, 1.807) is 6.07 Å². The van der Waals surface area contributed by atoms with E-state index in [4.69, 9.17) is 5.73 Å². The molecule has 4 nitrogen and oxygen atoms in total. The van der Waals surface area contributed by atoms with E-state index in [1.165, 1.54) is 0 Å². The van der Waals surface area contributed by atoms with Crippen molar-refractivity contribution in [1.82, 2.24) is 4.72 Å². The molecule has 18 heavy (non-hydrogen) atoms. The van der Waals surface area contributed by atoms with Gasteiger partial charge in [0.2, 0.25) is 10.0 Å². The van der Waals surface area contributed by atoms with Gasteiger partial charge in [-0.15, -0.1) is 0 Å². The largest absolute Gasteiger partial charge is 0.324 e. The summed E-state index contributed by atoms with van der Waals surface area (Å²) in [5.41, 5.74) is 7.50. The first-order valence-electron chi connectivity index (χ1n) is 6.18. The first-order chi connectivity index (χ1) is 8.32. The predicted octanol–water partition coefficient (Wildman–Crippen LogP) is 1.46. The molecular formula is C13H20N2O2S. The van der Waals surface area contributed by atoms with Crippen LogP contribution in [0.5, 0.6) is 0 Å². The standard InChI is InChI=1S/C13H20N2O2S/c1-10-4-5-12(11(2)8-10)18(16,17)15-9-13(14)6-3-7-13/h4-5,8,15H,3,6-7,9,14H2,1-2H3. The van der Waals surface area contributed by atoms with Crippen molar-refractivity contribution in [2.45, 2.75) is 43.5 Å². The molecule has 1 aliphatic rings. The molecule has 100 valence electrons. The van der Waals surface area contributed by atoms with Gasteiger partial charge < -0.3 is 5.73 Å². The van der Waals surface area contributed by atoms with Gasteiger partial charge in [-0.1, -0.05) is 17.7 Å². The average Bonchev–Trinajstić information content (AvgIpc) is 2.23. The van der Waals surface area contributed by atoms with Gasteiger partial charge in [-0.25, -0.2) is 13.1 Å². The summed E-state index contributed by atoms with van der Waals surface area (Å²) in [5, 5.41) is 0. The van der Waals surface area contributed by atoms with Gasteiger partial charge in [0, 0.05) is 12.1 Å². The number of benzene rings is 1. The maximum Gasteiger partial charge on any atom is 0.240 e. The van der Waals surface area contributed by atoms with Crippen molar-refractivity contribution in [1.29, 1.82) is 0 Å². The van der Waals surface area contributed by atoms with E-state index in [1.807, 2.05) is 26.0 Å². The van der Waals surface area contributed by atoms with E-state index in [0.29, 0.717) is 11.4 Å². The number of hydrogen-bond acceptors (Lipinski definition) is 3. The molecule has 2 rings (SSSR count). The van der Waals surface area contributed by atoms with Crippen LogP contribution in [-0.2, 0) is 10.0 Å². The lowest BCUT2D eigenvalue weighted by Crippen LogP contribution is -2.54. The fourth-order valence-corrected chi connectivity index (χ4v) is 3.59. The van der Waals surface area contributed by atoms with Crippen LogP contribution in [0.4, 0.5) is 0 Å². The summed E-state index contributed by atoms with van der Waals surface area (Å²) in [6.07, 6.45) is 2.87. The normalized spacial score (nSPS) is 18.4. The van der Waals surface area contributed by atoms with Crippen LogP contribution in [-0.4, -0.2) is 20.5 Å². The Kier molecular flexibility index (Phi) is 3.49. The van der Waals surface area contributed by atoms with E-state index in [0.717, 1.165) is 30.4 Å². The Balaban J connectivity index is 2.15. The monoisotopic (exact) mass is 268 g/mol. The van der Waals surface area contributed by atoms with Crippen molar-refractivity contribution in [2.75, 3.05) is 6.54 Å². The Morgan fingerprint density at radius 1 is 1.33 bits per heavy atom. The molecule has 5 heteroatoms. The molecule has 1 aliphatic carbocycles. The predicted molar refractivity (Wildman–Crippen MR) is 71.9 cm³/mol. The van der Waals surface area contributed by atoms with Crippen molar-refractivity contribution in [3.63, 3.8) is 0 Å². The van der Waals surface area contributed by atoms with Gasteiger partial charge in [-0.2, -0.15) is 0 Å². The Bertz CT molecular complexity index is 548. The van der Waals surface area contributed by atoms with E-state index < -0.39 is 10.0 Å². The molecule has 0 spiro atoms. The highest BCUT2D eigenvalue weighted by atomic mass is 32.2. The van der Waals surface area contributed by atoms with Gasteiger partial charge in [0.25, 0.3) is 0 Å². The Hall–Kier alpha value is -0.910. The summed E-state index contributed by atoms with van der Waals surface area (Å²) in [6, 6.07) is 5.33. The van der Waals surface area contributed by atoms with Crippen LogP contribution in [0.25, 0.3) is 0 Å². The molecule has 0 heterocycles. The average molecular weight is 268 g/mol. The van der Waals surface area contributed by atoms with E-state index in [-0.39, 0.29) is 5.54 Å². The van der Waals surface area contributed by atoms with Crippen LogP contribution in [0, 0.1) is 13.8 Å². The molecule has 0 amide bonds. The summed E-state index contributed by atoms with van der Waals surface area (Å²) in [4.78, 5) is 0.344. The molecule has 1 saturated carbocycles. The molecule has 0 radical (unpaired) electrons. The first-order valence-corrected chi connectivity index (χ1v) is 7.67. The van der Waals surface area contributed by atoms with Crippen LogP contribution >= 0.6 is 0 Å². The number of nitrogens with one attached hydrogen (secondary N) is 1. The molecule has 1 aromatic rings. The van der Waals surface area contributed by atoms with Gasteiger partial charge in [-0.05, 0) is 44.7 Å². The number of aryl methyl sites for hydroxylation is 2. The van der Waals surface area contributed by atoms with Crippen LogP contribution < -0.4 is 10.5 Å². The third kappa shape index (κ3) is 2.74. The second kappa shape index (κ2) is 4.64. The molecule has 0 aliphatic heterocycles. The summed E-state index contributed by atoms with van der Waals surface area (Å²) in [5.74, 6) is 0. The fraction of sp³-hybridized carbons (Fsp3) is 0.538. The minimum atomic E-state index is -3.45. The van der Waals surface area contributed by atoms with Crippen molar-refractivity contribution >= 4 is 10.0 Å². The second-order valence-corrected chi connectivity index (χ2v) is 7.04. The highest BCUT2D eigenvalue weighted by Crippen LogP contribution is 2.28. The van der Waals surface area contributed by atoms with Crippen molar-refractivity contribution in [2.24, 2.45) is 5.73 Å². The highest BCUT2D eigenvalue weighted by molar-refractivity contribution is 7.89. The zero-order chi connectivity index (χ0) is 13.4. The van der Waals surface area contributed by atoms with Gasteiger partial charge in [0.15, 0.2) is 0 Å². The molecule has 3 N–H and O–H groups in total. The topological polar surface area (TPSA) is 72.2 Å². The number of rotatable bonds is 4. The minimum Gasteiger partial charge on any atom is -0.324 e. The minimum absolute atomic E-state index is 0.322. The summed E-state index contributed by atoms with van der Waals surface area (Å²) in [6.45, 7) is 4.08. The van der Waals surface area contributed by atoms with Gasteiger partial charge in [0.1, 0.15) is 0 Å². The lowest BCUT2D eigenvalue weighted by Gasteiger charge is -2.38. The van der Waals surface area contributed by atoms with E-state index in [2.05, 4.69) is 4.72 Å². The number of sulfonamides is 1. The molecule has 0 unspecified atom stereocenters. The lowest BCUT2D eigenvalue weighted by molar-refractivity contribution is 0.251. The van der Waals surface area contributed by atoms with Crippen LogP contribution in [0.3, 0.4) is 0 Å². The lowest BCUT2D eigenvalue weighted by atomic mass is 9.78. The van der Waals surface area contributed by atoms with E-state index in [9.17, 15) is 8.42 Å². The number of hydrogen-bond donors (Lipinski definition) is 2. The fourth-order valence-electron chi connectivity index (χ4n) is 2.23. The van der Waals surface area contributed by atoms with Crippen LogP contribution in [0.15, 0.2) is 23.1 Å². The molecule has 0 saturated heterocycles. The first kappa shape index (κ1) is 13.5. The smallest absolute Gasteiger partial charge is 0.240 e. The zero-order valence-corrected chi connectivity index (χ0v) is 11.7. The molecule has 1 fully saturated rings. The van der Waals surface area contributed by atoms with Crippen molar-refractivity contribution < 1.29 is 8.42 Å². The van der Waals surface area contributed by atoms with Gasteiger partial charge in [-0.3, -0.25) is 0 Å². The van der Waals surface area contributed by atoms with E-state index >= 15 is 0 Å². The summed E-state index contributed by atoms with van der Waals surface area (Å²) in [7, 11) is -3.45. The van der Waals surface area contributed by atoms with Gasteiger partial charge in [0.05, 0.1) is 4.90 Å². The highest BCUT2D eigenvalue weighted by Gasteiger charge is 2.33. The van der Waals surface area contributed by atoms with Crippen molar-refractivity contribution in [3.05, 3.63) is 29.3 Å². The summed E-state index contributed by atoms with van der Waals surface area (Å²) >= 11 is 0. The Morgan fingerprint density at radius 3 is 2.50 bits per heavy atom. The second-order valence-electron chi connectivity index (χ2n) is 5.31. The third-order valence-corrected chi connectivity index (χ3v) is 5.15. The number of nitrogens with two attached hydrogens (primary N) is 1. The molecule has 0 bridgehead atoms. The van der Waals surface area contributed by atoms with Crippen LogP contribution in [0.1, 0.15) is 30.4 Å². The molecule has 0 atom stereocenters. The van der Waals surface area contributed by atoms with Crippen LogP contribution in [0.2, 0.25) is 0 Å². The van der Waals surface area contributed by atoms with Gasteiger partial charge >= 0.3 is 0 Å².